The highest BCUT2D eigenvalue weighted by Crippen LogP contribution is 2.25. The van der Waals surface area contributed by atoms with Crippen LogP contribution in [-0.4, -0.2) is 24.1 Å². The Morgan fingerprint density at radius 1 is 1.67 bits per heavy atom. The fourth-order valence-corrected chi connectivity index (χ4v) is 2.07. The van der Waals surface area contributed by atoms with Gasteiger partial charge in [0.15, 0.2) is 0 Å². The summed E-state index contributed by atoms with van der Waals surface area (Å²) < 4.78 is 0. The lowest BCUT2D eigenvalue weighted by Gasteiger charge is -2.25. The van der Waals surface area contributed by atoms with Crippen LogP contribution in [0.2, 0.25) is 0 Å². The minimum absolute atomic E-state index is 0.340. The van der Waals surface area contributed by atoms with Gasteiger partial charge in [0, 0.05) is 25.3 Å². The van der Waals surface area contributed by atoms with Gasteiger partial charge in [-0.3, -0.25) is 0 Å². The molecule has 2 N–H and O–H groups in total. The van der Waals surface area contributed by atoms with Gasteiger partial charge in [-0.2, -0.15) is 5.26 Å². The van der Waals surface area contributed by atoms with Gasteiger partial charge in [-0.05, 0) is 25.0 Å². The van der Waals surface area contributed by atoms with Crippen LogP contribution in [0.25, 0.3) is 0 Å². The summed E-state index contributed by atoms with van der Waals surface area (Å²) in [5.41, 5.74) is 6.34. The van der Waals surface area contributed by atoms with E-state index in [1.165, 1.54) is 0 Å². The summed E-state index contributed by atoms with van der Waals surface area (Å²) in [5.74, 6) is 0.785. The first kappa shape index (κ1) is 9.94. The fourth-order valence-electron chi connectivity index (χ4n) is 2.07. The number of nitrogens with two attached hydrogens (primary N) is 1. The maximum absolute atomic E-state index is 8.99. The van der Waals surface area contributed by atoms with Crippen molar-refractivity contribution < 1.29 is 0 Å². The van der Waals surface area contributed by atoms with E-state index in [-0.39, 0.29) is 0 Å². The summed E-state index contributed by atoms with van der Waals surface area (Å²) in [7, 11) is 0. The van der Waals surface area contributed by atoms with E-state index < -0.39 is 0 Å². The van der Waals surface area contributed by atoms with Gasteiger partial charge in [0.2, 0.25) is 0 Å². The first-order valence-corrected chi connectivity index (χ1v) is 5.18. The largest absolute Gasteiger partial charge is 0.351 e. The smallest absolute Gasteiger partial charge is 0.146 e. The van der Waals surface area contributed by atoms with Crippen LogP contribution in [0.5, 0.6) is 0 Å². The van der Waals surface area contributed by atoms with E-state index >= 15 is 0 Å². The van der Waals surface area contributed by atoms with Crippen LogP contribution in [-0.2, 0) is 0 Å². The maximum Gasteiger partial charge on any atom is 0.146 e. The third kappa shape index (κ3) is 1.79. The van der Waals surface area contributed by atoms with E-state index in [4.69, 9.17) is 11.0 Å². The third-order valence-electron chi connectivity index (χ3n) is 2.83. The summed E-state index contributed by atoms with van der Waals surface area (Å²) in [6, 6.07) is 6.10. The number of hydrogen-bond acceptors (Lipinski definition) is 4. The van der Waals surface area contributed by atoms with Gasteiger partial charge in [0.1, 0.15) is 11.9 Å². The molecule has 1 fully saturated rings. The van der Waals surface area contributed by atoms with Crippen molar-refractivity contribution in [2.75, 3.05) is 18.0 Å². The van der Waals surface area contributed by atoms with Crippen LogP contribution in [0, 0.1) is 11.3 Å². The summed E-state index contributed by atoms with van der Waals surface area (Å²) in [6.07, 6.45) is 3.95. The standard InChI is InChI=1S/C11H14N4/c12-7-9-3-1-5-14-11(9)15-6-2-4-10(15)8-13/h1,3,5,10H,2,4,6,8,13H2. The molecular weight excluding hydrogens is 188 g/mol. The van der Waals surface area contributed by atoms with E-state index in [0.717, 1.165) is 25.2 Å². The number of pyridine rings is 1. The minimum atomic E-state index is 0.340. The Labute approximate surface area is 89.3 Å². The van der Waals surface area contributed by atoms with Crippen molar-refractivity contribution in [1.82, 2.24) is 4.98 Å². The second-order valence-corrected chi connectivity index (χ2v) is 3.71. The average Bonchev–Trinajstić information content (AvgIpc) is 2.76. The molecular formula is C11H14N4. The van der Waals surface area contributed by atoms with Crippen molar-refractivity contribution in [3.63, 3.8) is 0 Å². The van der Waals surface area contributed by atoms with E-state index in [9.17, 15) is 0 Å². The Morgan fingerprint density at radius 3 is 3.27 bits per heavy atom. The van der Waals surface area contributed by atoms with Gasteiger partial charge in [0.05, 0.1) is 5.56 Å². The van der Waals surface area contributed by atoms with Crippen molar-refractivity contribution in [2.45, 2.75) is 18.9 Å². The summed E-state index contributed by atoms with van der Waals surface area (Å²) in [4.78, 5) is 6.43. The van der Waals surface area contributed by atoms with Gasteiger partial charge in [-0.15, -0.1) is 0 Å². The average molecular weight is 202 g/mol. The maximum atomic E-state index is 8.99. The number of nitriles is 1. The van der Waals surface area contributed by atoms with Gasteiger partial charge in [-0.1, -0.05) is 0 Å². The normalized spacial score (nSPS) is 20.3. The lowest BCUT2D eigenvalue weighted by atomic mass is 10.2. The quantitative estimate of drug-likeness (QED) is 0.773. The molecule has 78 valence electrons. The summed E-state index contributed by atoms with van der Waals surface area (Å²) in [5, 5.41) is 8.99. The molecule has 0 aromatic carbocycles. The molecule has 0 radical (unpaired) electrons. The van der Waals surface area contributed by atoms with Gasteiger partial charge < -0.3 is 10.6 Å². The van der Waals surface area contributed by atoms with Crippen LogP contribution >= 0.6 is 0 Å². The molecule has 1 atom stereocenters. The van der Waals surface area contributed by atoms with Crippen molar-refractivity contribution in [3.8, 4) is 6.07 Å². The Hall–Kier alpha value is -1.60. The first-order valence-electron chi connectivity index (χ1n) is 5.18. The van der Waals surface area contributed by atoms with Crippen molar-refractivity contribution in [3.05, 3.63) is 23.9 Å². The fraction of sp³-hybridized carbons (Fsp3) is 0.455. The van der Waals surface area contributed by atoms with Crippen LogP contribution in [0.1, 0.15) is 18.4 Å². The molecule has 0 spiro atoms. The number of rotatable bonds is 2. The molecule has 2 heterocycles. The van der Waals surface area contributed by atoms with Crippen LogP contribution in [0.15, 0.2) is 18.3 Å². The monoisotopic (exact) mass is 202 g/mol. The molecule has 1 aliphatic heterocycles. The molecule has 1 unspecified atom stereocenters. The van der Waals surface area contributed by atoms with Gasteiger partial charge in [-0.25, -0.2) is 4.98 Å². The topological polar surface area (TPSA) is 65.9 Å². The van der Waals surface area contributed by atoms with E-state index in [2.05, 4.69) is 16.0 Å². The second-order valence-electron chi connectivity index (χ2n) is 3.71. The third-order valence-corrected chi connectivity index (χ3v) is 2.83. The van der Waals surface area contributed by atoms with E-state index in [1.54, 1.807) is 18.3 Å². The van der Waals surface area contributed by atoms with Crippen LogP contribution in [0.3, 0.4) is 0 Å². The zero-order chi connectivity index (χ0) is 10.7. The van der Waals surface area contributed by atoms with Gasteiger partial charge >= 0.3 is 0 Å². The van der Waals surface area contributed by atoms with E-state index in [1.807, 2.05) is 0 Å². The Morgan fingerprint density at radius 2 is 2.53 bits per heavy atom. The highest BCUT2D eigenvalue weighted by atomic mass is 15.2. The minimum Gasteiger partial charge on any atom is -0.351 e. The second kappa shape index (κ2) is 4.28. The lowest BCUT2D eigenvalue weighted by Crippen LogP contribution is -2.36. The molecule has 4 heteroatoms. The molecule has 1 aromatic heterocycles. The van der Waals surface area contributed by atoms with E-state index in [0.29, 0.717) is 18.2 Å². The summed E-state index contributed by atoms with van der Waals surface area (Å²) in [6.45, 7) is 1.58. The predicted octanol–water partition coefficient (Wildman–Crippen LogP) is 0.881. The Kier molecular flexibility index (Phi) is 2.84. The molecule has 0 saturated carbocycles. The zero-order valence-corrected chi connectivity index (χ0v) is 8.56. The SMILES string of the molecule is N#Cc1cccnc1N1CCCC1CN. The zero-order valence-electron chi connectivity index (χ0n) is 8.56. The molecule has 15 heavy (non-hydrogen) atoms. The number of nitrogens with zero attached hydrogens (tertiary/aromatic N) is 3. The first-order chi connectivity index (χ1) is 7.36. The Balaban J connectivity index is 2.33. The number of hydrogen-bond donors (Lipinski definition) is 1. The number of aromatic nitrogens is 1. The molecule has 1 aromatic rings. The molecule has 1 aliphatic rings. The van der Waals surface area contributed by atoms with Gasteiger partial charge in [0.25, 0.3) is 0 Å². The Bertz CT molecular complexity index is 382. The predicted molar refractivity (Wildman–Crippen MR) is 58.4 cm³/mol. The lowest BCUT2D eigenvalue weighted by molar-refractivity contribution is 0.671. The van der Waals surface area contributed by atoms with Crippen LogP contribution in [0.4, 0.5) is 5.82 Å². The summed E-state index contributed by atoms with van der Waals surface area (Å²) >= 11 is 0. The molecule has 0 bridgehead atoms. The molecule has 4 nitrogen and oxygen atoms in total. The highest BCUT2D eigenvalue weighted by molar-refractivity contribution is 5.54. The van der Waals surface area contributed by atoms with Crippen molar-refractivity contribution in [2.24, 2.45) is 5.73 Å². The van der Waals surface area contributed by atoms with Crippen molar-refractivity contribution >= 4 is 5.82 Å². The van der Waals surface area contributed by atoms with Crippen LogP contribution < -0.4 is 10.6 Å². The molecule has 0 amide bonds. The highest BCUT2D eigenvalue weighted by Gasteiger charge is 2.25. The molecule has 1 saturated heterocycles. The van der Waals surface area contributed by atoms with Crippen molar-refractivity contribution in [1.29, 1.82) is 5.26 Å². The molecule has 0 aliphatic carbocycles. The number of anilines is 1. The molecule has 2 rings (SSSR count).